The number of hydrogen-bond acceptors (Lipinski definition) is 5. The normalized spacial score (nSPS) is 15.8. The van der Waals surface area contributed by atoms with Crippen LogP contribution in [0.4, 0.5) is 0 Å². The first-order chi connectivity index (χ1) is 12.2. The standard InChI is InChI=1S/C19H24N4OS/c1-2-8-20-18(24)14-23-11-9-22(10-12-23)13-17-15-25-19(21-17)16-6-4-3-5-7-16/h2-7,15H,1,8-14H2,(H,20,24). The van der Waals surface area contributed by atoms with Gasteiger partial charge in [0.15, 0.2) is 0 Å². The summed E-state index contributed by atoms with van der Waals surface area (Å²) in [7, 11) is 0. The molecule has 0 unspecified atom stereocenters. The number of nitrogens with zero attached hydrogens (tertiary/aromatic N) is 3. The van der Waals surface area contributed by atoms with Gasteiger partial charge in [-0.3, -0.25) is 14.6 Å². The number of piperazine rings is 1. The molecule has 0 bridgehead atoms. The Hall–Kier alpha value is -2.02. The topological polar surface area (TPSA) is 48.5 Å². The minimum Gasteiger partial charge on any atom is -0.352 e. The van der Waals surface area contributed by atoms with Crippen molar-refractivity contribution >= 4 is 17.2 Å². The van der Waals surface area contributed by atoms with Gasteiger partial charge in [0.05, 0.1) is 12.2 Å². The minimum absolute atomic E-state index is 0.0698. The van der Waals surface area contributed by atoms with Crippen molar-refractivity contribution in [2.45, 2.75) is 6.54 Å². The van der Waals surface area contributed by atoms with Crippen LogP contribution in [0.3, 0.4) is 0 Å². The fourth-order valence-electron chi connectivity index (χ4n) is 2.87. The molecule has 0 spiro atoms. The highest BCUT2D eigenvalue weighted by Crippen LogP contribution is 2.24. The molecule has 3 rings (SSSR count). The zero-order chi connectivity index (χ0) is 17.5. The molecule has 5 nitrogen and oxygen atoms in total. The smallest absolute Gasteiger partial charge is 0.234 e. The van der Waals surface area contributed by atoms with Gasteiger partial charge in [-0.2, -0.15) is 0 Å². The Labute approximate surface area is 153 Å². The number of rotatable bonds is 7. The summed E-state index contributed by atoms with van der Waals surface area (Å²) in [5, 5.41) is 6.06. The van der Waals surface area contributed by atoms with Crippen molar-refractivity contribution in [3.05, 3.63) is 54.1 Å². The van der Waals surface area contributed by atoms with Crippen LogP contribution in [0.25, 0.3) is 10.6 Å². The molecule has 1 fully saturated rings. The van der Waals surface area contributed by atoms with Gasteiger partial charge in [0, 0.05) is 50.2 Å². The van der Waals surface area contributed by atoms with Crippen molar-refractivity contribution < 1.29 is 4.79 Å². The molecule has 1 aromatic carbocycles. The second-order valence-electron chi connectivity index (χ2n) is 6.16. The molecule has 2 heterocycles. The maximum Gasteiger partial charge on any atom is 0.234 e. The van der Waals surface area contributed by atoms with Crippen LogP contribution in [0.2, 0.25) is 0 Å². The Morgan fingerprint density at radius 2 is 1.92 bits per heavy atom. The van der Waals surface area contributed by atoms with Crippen LogP contribution in [0, 0.1) is 0 Å². The fourth-order valence-corrected chi connectivity index (χ4v) is 3.69. The Balaban J connectivity index is 1.46. The molecule has 0 aliphatic carbocycles. The third-order valence-corrected chi connectivity index (χ3v) is 5.17. The van der Waals surface area contributed by atoms with Crippen molar-refractivity contribution in [2.75, 3.05) is 39.3 Å². The Morgan fingerprint density at radius 3 is 2.64 bits per heavy atom. The summed E-state index contributed by atoms with van der Waals surface area (Å²) >= 11 is 1.70. The summed E-state index contributed by atoms with van der Waals surface area (Å²) in [5.41, 5.74) is 2.30. The minimum atomic E-state index is 0.0698. The molecular weight excluding hydrogens is 332 g/mol. The average molecular weight is 356 g/mol. The first-order valence-electron chi connectivity index (χ1n) is 8.57. The van der Waals surface area contributed by atoms with E-state index in [0.29, 0.717) is 13.1 Å². The van der Waals surface area contributed by atoms with Gasteiger partial charge in [0.1, 0.15) is 5.01 Å². The largest absolute Gasteiger partial charge is 0.352 e. The molecule has 1 aromatic heterocycles. The second kappa shape index (κ2) is 8.89. The third-order valence-electron chi connectivity index (χ3n) is 4.23. The number of aromatic nitrogens is 1. The number of hydrogen-bond donors (Lipinski definition) is 1. The van der Waals surface area contributed by atoms with E-state index in [4.69, 9.17) is 4.98 Å². The van der Waals surface area contributed by atoms with Gasteiger partial charge in [-0.15, -0.1) is 17.9 Å². The van der Waals surface area contributed by atoms with Crippen molar-refractivity contribution in [1.82, 2.24) is 20.1 Å². The molecule has 2 aromatic rings. The van der Waals surface area contributed by atoms with Gasteiger partial charge in [-0.1, -0.05) is 36.4 Å². The van der Waals surface area contributed by atoms with E-state index >= 15 is 0 Å². The average Bonchev–Trinajstić information content (AvgIpc) is 3.11. The molecular formula is C19H24N4OS. The van der Waals surface area contributed by atoms with Crippen molar-refractivity contribution in [3.8, 4) is 10.6 Å². The van der Waals surface area contributed by atoms with Crippen LogP contribution in [-0.2, 0) is 11.3 Å². The number of carbonyl (C=O) groups is 1. The highest BCUT2D eigenvalue weighted by molar-refractivity contribution is 7.13. The zero-order valence-corrected chi connectivity index (χ0v) is 15.2. The number of carbonyl (C=O) groups excluding carboxylic acids is 1. The van der Waals surface area contributed by atoms with Crippen LogP contribution in [0.1, 0.15) is 5.69 Å². The van der Waals surface area contributed by atoms with Crippen LogP contribution >= 0.6 is 11.3 Å². The van der Waals surface area contributed by atoms with E-state index in [1.54, 1.807) is 17.4 Å². The van der Waals surface area contributed by atoms with E-state index in [1.807, 2.05) is 18.2 Å². The van der Waals surface area contributed by atoms with Gasteiger partial charge in [-0.25, -0.2) is 4.98 Å². The summed E-state index contributed by atoms with van der Waals surface area (Å²) in [5.74, 6) is 0.0698. The lowest BCUT2D eigenvalue weighted by Crippen LogP contribution is -2.49. The van der Waals surface area contributed by atoms with Crippen LogP contribution in [0.15, 0.2) is 48.4 Å². The SMILES string of the molecule is C=CCNC(=O)CN1CCN(Cc2csc(-c3ccccc3)n2)CC1. The predicted octanol–water partition coefficient (Wildman–Crippen LogP) is 2.23. The van der Waals surface area contributed by atoms with Crippen molar-refractivity contribution in [1.29, 1.82) is 0 Å². The zero-order valence-electron chi connectivity index (χ0n) is 14.4. The Kier molecular flexibility index (Phi) is 6.33. The van der Waals surface area contributed by atoms with E-state index in [0.717, 1.165) is 43.4 Å². The lowest BCUT2D eigenvalue weighted by molar-refractivity contribution is -0.122. The monoisotopic (exact) mass is 356 g/mol. The summed E-state index contributed by atoms with van der Waals surface area (Å²) in [6, 6.07) is 10.3. The molecule has 1 N–H and O–H groups in total. The number of nitrogens with one attached hydrogen (secondary N) is 1. The Morgan fingerprint density at radius 1 is 1.20 bits per heavy atom. The highest BCUT2D eigenvalue weighted by atomic mass is 32.1. The third kappa shape index (κ3) is 5.22. The quantitative estimate of drug-likeness (QED) is 0.773. The van der Waals surface area contributed by atoms with Gasteiger partial charge in [0.2, 0.25) is 5.91 Å². The predicted molar refractivity (Wildman–Crippen MR) is 102 cm³/mol. The van der Waals surface area contributed by atoms with Crippen LogP contribution in [-0.4, -0.2) is 60.0 Å². The van der Waals surface area contributed by atoms with E-state index < -0.39 is 0 Å². The Bertz CT molecular complexity index is 692. The van der Waals surface area contributed by atoms with Gasteiger partial charge in [0.25, 0.3) is 0 Å². The molecule has 1 saturated heterocycles. The summed E-state index contributed by atoms with van der Waals surface area (Å²) in [4.78, 5) is 21.1. The lowest BCUT2D eigenvalue weighted by atomic mass is 10.2. The van der Waals surface area contributed by atoms with Gasteiger partial charge in [-0.05, 0) is 0 Å². The first-order valence-corrected chi connectivity index (χ1v) is 9.44. The maximum absolute atomic E-state index is 11.8. The molecule has 0 saturated carbocycles. The van der Waals surface area contributed by atoms with Crippen LogP contribution in [0.5, 0.6) is 0 Å². The van der Waals surface area contributed by atoms with Crippen molar-refractivity contribution in [3.63, 3.8) is 0 Å². The number of benzene rings is 1. The summed E-state index contributed by atoms with van der Waals surface area (Å²) in [6.07, 6.45) is 1.70. The molecule has 0 atom stereocenters. The summed E-state index contributed by atoms with van der Waals surface area (Å²) in [6.45, 7) is 9.25. The molecule has 1 aliphatic rings. The maximum atomic E-state index is 11.8. The van der Waals surface area contributed by atoms with Crippen LogP contribution < -0.4 is 5.32 Å². The lowest BCUT2D eigenvalue weighted by Gasteiger charge is -2.33. The second-order valence-corrected chi connectivity index (χ2v) is 7.01. The molecule has 0 radical (unpaired) electrons. The molecule has 25 heavy (non-hydrogen) atoms. The van der Waals surface area contributed by atoms with E-state index in [-0.39, 0.29) is 5.91 Å². The molecule has 6 heteroatoms. The molecule has 132 valence electrons. The van der Waals surface area contributed by atoms with E-state index in [1.165, 1.54) is 5.56 Å². The summed E-state index contributed by atoms with van der Waals surface area (Å²) < 4.78 is 0. The number of thiazole rings is 1. The van der Waals surface area contributed by atoms with Gasteiger partial charge >= 0.3 is 0 Å². The molecule has 1 aliphatic heterocycles. The molecule has 1 amide bonds. The highest BCUT2D eigenvalue weighted by Gasteiger charge is 2.19. The van der Waals surface area contributed by atoms with E-state index in [9.17, 15) is 4.79 Å². The van der Waals surface area contributed by atoms with Crippen molar-refractivity contribution in [2.24, 2.45) is 0 Å². The number of amides is 1. The van der Waals surface area contributed by atoms with Gasteiger partial charge < -0.3 is 5.32 Å². The van der Waals surface area contributed by atoms with E-state index in [2.05, 4.69) is 39.2 Å². The fraction of sp³-hybridized carbons (Fsp3) is 0.368. The first kappa shape index (κ1) is 17.8.